The van der Waals surface area contributed by atoms with Crippen LogP contribution in [0.4, 0.5) is 10.8 Å². The molecule has 0 atom stereocenters. The number of hydrogen-bond acceptors (Lipinski definition) is 7. The van der Waals surface area contributed by atoms with Crippen LogP contribution in [0, 0.1) is 10.1 Å². The fraction of sp³-hybridized carbons (Fsp3) is 0.333. The average Bonchev–Trinajstić information content (AvgIpc) is 2.48. The van der Waals surface area contributed by atoms with E-state index in [4.69, 9.17) is 5.73 Å². The molecule has 0 aromatic carbocycles. The number of nitrogen functional groups attached to an aromatic ring is 1. The van der Waals surface area contributed by atoms with Gasteiger partial charge in [-0.25, -0.2) is 4.79 Å². The summed E-state index contributed by atoms with van der Waals surface area (Å²) in [5, 5.41) is 10.1. The summed E-state index contributed by atoms with van der Waals surface area (Å²) in [6.07, 6.45) is 0. The Morgan fingerprint density at radius 3 is 2.86 bits per heavy atom. The Labute approximate surface area is 82.7 Å². The molecule has 0 bridgehead atoms. The topological polar surface area (TPSA) is 108 Å². The highest BCUT2D eigenvalue weighted by Gasteiger charge is 2.26. The minimum absolute atomic E-state index is 0.0990. The van der Waals surface area contributed by atoms with Gasteiger partial charge in [0.15, 0.2) is 5.00 Å². The number of esters is 1. The molecule has 14 heavy (non-hydrogen) atoms. The number of nitrogens with two attached hydrogens (primary N) is 1. The summed E-state index contributed by atoms with van der Waals surface area (Å²) in [5.74, 6) is -1.20. The summed E-state index contributed by atoms with van der Waals surface area (Å²) in [6, 6.07) is 0. The zero-order chi connectivity index (χ0) is 10.7. The predicted molar refractivity (Wildman–Crippen MR) is 49.1 cm³/mol. The first-order chi connectivity index (χ1) is 6.56. The number of nitrogens with zero attached hydrogens (tertiary/aromatic N) is 2. The molecule has 2 N–H and O–H groups in total. The van der Waals surface area contributed by atoms with Gasteiger partial charge in [0.05, 0.1) is 6.61 Å². The number of thiazole rings is 1. The molecule has 1 heterocycles. The highest BCUT2D eigenvalue weighted by atomic mass is 32.1. The van der Waals surface area contributed by atoms with Crippen LogP contribution in [-0.2, 0) is 4.74 Å². The Morgan fingerprint density at radius 2 is 2.43 bits per heavy atom. The van der Waals surface area contributed by atoms with E-state index in [2.05, 4.69) is 9.72 Å². The zero-order valence-electron chi connectivity index (χ0n) is 7.22. The zero-order valence-corrected chi connectivity index (χ0v) is 8.04. The van der Waals surface area contributed by atoms with E-state index in [-0.39, 0.29) is 16.6 Å². The van der Waals surface area contributed by atoms with Crippen molar-refractivity contribution in [2.75, 3.05) is 12.3 Å². The maximum atomic E-state index is 11.1. The molecule has 1 aromatic heterocycles. The SMILES string of the molecule is CCOC(=O)c1nc([N+](=O)[O-])c(N)s1. The molecule has 0 aliphatic carbocycles. The molecule has 8 heteroatoms. The van der Waals surface area contributed by atoms with Gasteiger partial charge in [0.1, 0.15) is 0 Å². The van der Waals surface area contributed by atoms with Gasteiger partial charge in [-0.1, -0.05) is 11.3 Å². The van der Waals surface area contributed by atoms with Crippen molar-refractivity contribution in [1.29, 1.82) is 0 Å². The molecule has 7 nitrogen and oxygen atoms in total. The number of ether oxygens (including phenoxy) is 1. The van der Waals surface area contributed by atoms with Crippen LogP contribution >= 0.6 is 11.3 Å². The van der Waals surface area contributed by atoms with Crippen LogP contribution < -0.4 is 5.73 Å². The number of rotatable bonds is 3. The molecule has 0 saturated heterocycles. The number of aromatic nitrogens is 1. The quantitative estimate of drug-likeness (QED) is 0.456. The lowest BCUT2D eigenvalue weighted by molar-refractivity contribution is -0.388. The monoisotopic (exact) mass is 217 g/mol. The van der Waals surface area contributed by atoms with Crippen molar-refractivity contribution in [1.82, 2.24) is 4.98 Å². The van der Waals surface area contributed by atoms with Gasteiger partial charge >= 0.3 is 16.8 Å². The van der Waals surface area contributed by atoms with E-state index in [9.17, 15) is 14.9 Å². The largest absolute Gasteiger partial charge is 0.459 e. The van der Waals surface area contributed by atoms with Crippen molar-refractivity contribution >= 4 is 28.1 Å². The number of carbonyl (C=O) groups excluding carboxylic acids is 1. The fourth-order valence-electron chi connectivity index (χ4n) is 0.735. The van der Waals surface area contributed by atoms with Gasteiger partial charge in [0, 0.05) is 0 Å². The van der Waals surface area contributed by atoms with Crippen molar-refractivity contribution in [3.63, 3.8) is 0 Å². The molecule has 0 spiro atoms. The van der Waals surface area contributed by atoms with Crippen molar-refractivity contribution in [2.24, 2.45) is 0 Å². The summed E-state index contributed by atoms with van der Waals surface area (Å²) < 4.78 is 4.61. The fourth-order valence-corrected chi connectivity index (χ4v) is 1.43. The Balaban J connectivity index is 2.96. The third-order valence-electron chi connectivity index (χ3n) is 1.26. The standard InChI is InChI=1S/C6H7N3O4S/c1-2-13-6(10)5-8-4(9(11)12)3(7)14-5/h2,7H2,1H3. The van der Waals surface area contributed by atoms with Gasteiger partial charge in [0.25, 0.3) is 0 Å². The summed E-state index contributed by atoms with van der Waals surface area (Å²) in [5.41, 5.74) is 5.28. The second kappa shape index (κ2) is 4.01. The Bertz CT molecular complexity index is 375. The van der Waals surface area contributed by atoms with Crippen LogP contribution in [0.1, 0.15) is 16.7 Å². The second-order valence-electron chi connectivity index (χ2n) is 2.18. The first kappa shape index (κ1) is 10.4. The van der Waals surface area contributed by atoms with Crippen LogP contribution in [0.2, 0.25) is 0 Å². The third kappa shape index (κ3) is 1.96. The Morgan fingerprint density at radius 1 is 1.79 bits per heavy atom. The van der Waals surface area contributed by atoms with E-state index in [0.29, 0.717) is 0 Å². The summed E-state index contributed by atoms with van der Waals surface area (Å²) in [6.45, 7) is 1.81. The molecule has 0 unspecified atom stereocenters. The molecule has 76 valence electrons. The summed E-state index contributed by atoms with van der Waals surface area (Å²) >= 11 is 0.741. The first-order valence-corrected chi connectivity index (χ1v) is 4.45. The van der Waals surface area contributed by atoms with Crippen LogP contribution in [0.25, 0.3) is 0 Å². The number of carbonyl (C=O) groups is 1. The summed E-state index contributed by atoms with van der Waals surface area (Å²) in [4.78, 5) is 24.1. The first-order valence-electron chi connectivity index (χ1n) is 3.64. The lowest BCUT2D eigenvalue weighted by Crippen LogP contribution is -2.04. The molecule has 1 aromatic rings. The van der Waals surface area contributed by atoms with Crippen LogP contribution in [-0.4, -0.2) is 22.5 Å². The van der Waals surface area contributed by atoms with Crippen molar-refractivity contribution < 1.29 is 14.5 Å². The van der Waals surface area contributed by atoms with Gasteiger partial charge in [0.2, 0.25) is 0 Å². The van der Waals surface area contributed by atoms with Crippen molar-refractivity contribution in [3.8, 4) is 0 Å². The normalized spacial score (nSPS) is 9.79. The number of nitro groups is 1. The lowest BCUT2D eigenvalue weighted by atomic mass is 10.6. The van der Waals surface area contributed by atoms with Crippen LogP contribution in [0.15, 0.2) is 0 Å². The van der Waals surface area contributed by atoms with E-state index < -0.39 is 16.7 Å². The molecule has 0 amide bonds. The van der Waals surface area contributed by atoms with E-state index in [1.165, 1.54) is 0 Å². The van der Waals surface area contributed by atoms with E-state index in [1.54, 1.807) is 6.92 Å². The van der Waals surface area contributed by atoms with Gasteiger partial charge < -0.3 is 20.6 Å². The molecular formula is C6H7N3O4S. The second-order valence-corrected chi connectivity index (χ2v) is 3.22. The van der Waals surface area contributed by atoms with Crippen LogP contribution in [0.5, 0.6) is 0 Å². The minimum atomic E-state index is -0.742. The highest BCUT2D eigenvalue weighted by molar-refractivity contribution is 7.17. The molecule has 0 aliphatic heterocycles. The van der Waals surface area contributed by atoms with Gasteiger partial charge in [-0.05, 0) is 16.8 Å². The van der Waals surface area contributed by atoms with Crippen molar-refractivity contribution in [2.45, 2.75) is 6.92 Å². The maximum absolute atomic E-state index is 11.1. The van der Waals surface area contributed by atoms with Gasteiger partial charge in [-0.15, -0.1) is 0 Å². The molecule has 0 radical (unpaired) electrons. The summed E-state index contributed by atoms with van der Waals surface area (Å²) in [7, 11) is 0. The smallest absolute Gasteiger partial charge is 0.399 e. The molecule has 0 aliphatic rings. The maximum Gasteiger partial charge on any atom is 0.399 e. The van der Waals surface area contributed by atoms with Gasteiger partial charge in [-0.3, -0.25) is 0 Å². The Kier molecular flexibility index (Phi) is 2.97. The van der Waals surface area contributed by atoms with E-state index >= 15 is 0 Å². The number of anilines is 1. The lowest BCUT2D eigenvalue weighted by Gasteiger charge is -1.91. The van der Waals surface area contributed by atoms with E-state index in [1.807, 2.05) is 0 Å². The van der Waals surface area contributed by atoms with E-state index in [0.717, 1.165) is 11.3 Å². The minimum Gasteiger partial charge on any atom is -0.459 e. The predicted octanol–water partition coefficient (Wildman–Crippen LogP) is 0.810. The van der Waals surface area contributed by atoms with Crippen LogP contribution in [0.3, 0.4) is 0 Å². The third-order valence-corrected chi connectivity index (χ3v) is 2.11. The van der Waals surface area contributed by atoms with Crippen molar-refractivity contribution in [3.05, 3.63) is 15.1 Å². The molecule has 0 fully saturated rings. The number of hydrogen-bond donors (Lipinski definition) is 1. The molecular weight excluding hydrogens is 210 g/mol. The highest BCUT2D eigenvalue weighted by Crippen LogP contribution is 2.27. The molecule has 1 rings (SSSR count). The molecule has 0 saturated carbocycles. The average molecular weight is 217 g/mol. The Hall–Kier alpha value is -1.70. The van der Waals surface area contributed by atoms with Gasteiger partial charge in [-0.2, -0.15) is 0 Å².